The second-order valence-electron chi connectivity index (χ2n) is 6.28. The largest absolute Gasteiger partial charge is 0.373 e. The maximum atomic E-state index is 12.7. The van der Waals surface area contributed by atoms with Gasteiger partial charge >= 0.3 is 0 Å². The molecule has 0 bridgehead atoms. The molecule has 134 valence electrons. The first-order chi connectivity index (χ1) is 12.6. The molecule has 4 heterocycles. The number of dihydropyridines is 1. The van der Waals surface area contributed by atoms with Crippen LogP contribution in [0.25, 0.3) is 0 Å². The summed E-state index contributed by atoms with van der Waals surface area (Å²) in [4.78, 5) is 17.1. The number of nitrogens with two attached hydrogens (primary N) is 1. The number of nitrogens with zero attached hydrogens (tertiary/aromatic N) is 2. The minimum Gasteiger partial charge on any atom is -0.373 e. The predicted octanol–water partition coefficient (Wildman–Crippen LogP) is -0.0200. The fourth-order valence-electron chi connectivity index (χ4n) is 3.16. The third-order valence-corrected chi connectivity index (χ3v) is 4.48. The number of hydrogen-bond donors (Lipinski definition) is 5. The Morgan fingerprint density at radius 1 is 1.35 bits per heavy atom. The molecule has 1 amide bonds. The van der Waals surface area contributed by atoms with E-state index in [1.54, 1.807) is 30.7 Å². The quantitative estimate of drug-likeness (QED) is 0.487. The van der Waals surface area contributed by atoms with Crippen LogP contribution in [0.2, 0.25) is 0 Å². The van der Waals surface area contributed by atoms with Gasteiger partial charge in [0.15, 0.2) is 0 Å². The fraction of sp³-hybridized carbons (Fsp3) is 0.222. The van der Waals surface area contributed by atoms with Gasteiger partial charge in [-0.15, -0.1) is 0 Å². The summed E-state index contributed by atoms with van der Waals surface area (Å²) in [7, 11) is 0. The lowest BCUT2D eigenvalue weighted by Crippen LogP contribution is -2.51. The van der Waals surface area contributed by atoms with Crippen molar-refractivity contribution in [2.24, 2.45) is 5.73 Å². The molecule has 0 saturated carbocycles. The molecule has 8 nitrogen and oxygen atoms in total. The number of pyridine rings is 1. The van der Waals surface area contributed by atoms with Gasteiger partial charge in [0.2, 0.25) is 0 Å². The lowest BCUT2D eigenvalue weighted by Gasteiger charge is -2.35. The van der Waals surface area contributed by atoms with Crippen LogP contribution in [0.5, 0.6) is 0 Å². The first-order valence-corrected chi connectivity index (χ1v) is 8.44. The molecule has 0 spiro atoms. The van der Waals surface area contributed by atoms with E-state index in [0.717, 1.165) is 11.3 Å². The minimum absolute atomic E-state index is 0.0533. The van der Waals surface area contributed by atoms with Gasteiger partial charge in [-0.1, -0.05) is 12.1 Å². The predicted molar refractivity (Wildman–Crippen MR) is 97.3 cm³/mol. The van der Waals surface area contributed by atoms with Crippen molar-refractivity contribution in [1.29, 1.82) is 0 Å². The SMILES string of the molecule is Cc1ncccc1C1C=CC2NC=C(C(=O)NC3=CC(N)NC=C3)N2N1. The van der Waals surface area contributed by atoms with E-state index in [-0.39, 0.29) is 24.3 Å². The van der Waals surface area contributed by atoms with Crippen LogP contribution in [-0.4, -0.2) is 28.2 Å². The molecule has 3 aliphatic heterocycles. The number of hydrazine groups is 1. The molecule has 0 fully saturated rings. The Bertz CT molecular complexity index is 842. The van der Waals surface area contributed by atoms with Gasteiger partial charge in [0, 0.05) is 23.8 Å². The van der Waals surface area contributed by atoms with Gasteiger partial charge < -0.3 is 21.7 Å². The molecule has 4 rings (SSSR count). The molecule has 3 unspecified atom stereocenters. The average molecular weight is 351 g/mol. The second kappa shape index (κ2) is 6.66. The van der Waals surface area contributed by atoms with Gasteiger partial charge in [0.25, 0.3) is 5.91 Å². The number of aryl methyl sites for hydroxylation is 1. The van der Waals surface area contributed by atoms with E-state index in [4.69, 9.17) is 5.73 Å². The van der Waals surface area contributed by atoms with Gasteiger partial charge in [0.1, 0.15) is 11.9 Å². The van der Waals surface area contributed by atoms with E-state index in [1.165, 1.54) is 0 Å². The summed E-state index contributed by atoms with van der Waals surface area (Å²) in [6.07, 6.45) is 12.4. The van der Waals surface area contributed by atoms with Gasteiger partial charge in [-0.25, -0.2) is 5.43 Å². The van der Waals surface area contributed by atoms with Crippen LogP contribution in [0.4, 0.5) is 0 Å². The number of hydrogen-bond acceptors (Lipinski definition) is 7. The van der Waals surface area contributed by atoms with E-state index in [9.17, 15) is 4.79 Å². The zero-order valence-corrected chi connectivity index (χ0v) is 14.3. The Labute approximate surface area is 151 Å². The highest BCUT2D eigenvalue weighted by Crippen LogP contribution is 2.26. The zero-order chi connectivity index (χ0) is 18.1. The number of nitrogens with one attached hydrogen (secondary N) is 4. The van der Waals surface area contributed by atoms with E-state index in [1.807, 2.05) is 30.1 Å². The molecule has 26 heavy (non-hydrogen) atoms. The molecule has 6 N–H and O–H groups in total. The van der Waals surface area contributed by atoms with E-state index in [0.29, 0.717) is 11.4 Å². The molecule has 8 heteroatoms. The monoisotopic (exact) mass is 351 g/mol. The maximum Gasteiger partial charge on any atom is 0.274 e. The summed E-state index contributed by atoms with van der Waals surface area (Å²) >= 11 is 0. The number of allylic oxidation sites excluding steroid dienone is 1. The van der Waals surface area contributed by atoms with Crippen LogP contribution < -0.4 is 27.1 Å². The summed E-state index contributed by atoms with van der Waals surface area (Å²) in [5.74, 6) is -0.213. The molecule has 0 radical (unpaired) electrons. The molecule has 1 aromatic rings. The standard InChI is InChI=1S/C18H21N7O/c1-11-13(3-2-7-20-11)14-4-5-17-22-10-15(25(17)24-14)18(26)23-12-6-8-21-16(19)9-12/h2-10,14,16-17,21-22,24H,19H2,1H3,(H,23,26). The van der Waals surface area contributed by atoms with E-state index >= 15 is 0 Å². The topological polar surface area (TPSA) is 107 Å². The van der Waals surface area contributed by atoms with Gasteiger partial charge in [0.05, 0.1) is 12.2 Å². The summed E-state index contributed by atoms with van der Waals surface area (Å²) < 4.78 is 0. The number of amides is 1. The van der Waals surface area contributed by atoms with E-state index in [2.05, 4.69) is 32.4 Å². The Morgan fingerprint density at radius 2 is 2.23 bits per heavy atom. The van der Waals surface area contributed by atoms with Crippen LogP contribution in [0.1, 0.15) is 17.3 Å². The Kier molecular flexibility index (Phi) is 4.19. The van der Waals surface area contributed by atoms with Crippen LogP contribution in [-0.2, 0) is 4.79 Å². The highest BCUT2D eigenvalue weighted by Gasteiger charge is 2.33. The highest BCUT2D eigenvalue weighted by molar-refractivity contribution is 5.94. The number of aromatic nitrogens is 1. The zero-order valence-electron chi connectivity index (χ0n) is 14.3. The molecule has 0 aliphatic carbocycles. The van der Waals surface area contributed by atoms with Gasteiger partial charge in [-0.05, 0) is 43.0 Å². The first kappa shape index (κ1) is 16.4. The van der Waals surface area contributed by atoms with Crippen molar-refractivity contribution in [3.8, 4) is 0 Å². The normalized spacial score (nSPS) is 26.4. The Morgan fingerprint density at radius 3 is 3.04 bits per heavy atom. The lowest BCUT2D eigenvalue weighted by atomic mass is 10.0. The van der Waals surface area contributed by atoms with Crippen molar-refractivity contribution < 1.29 is 4.79 Å². The maximum absolute atomic E-state index is 12.7. The highest BCUT2D eigenvalue weighted by atomic mass is 16.2. The molecule has 1 aromatic heterocycles. The van der Waals surface area contributed by atoms with Crippen molar-refractivity contribution in [1.82, 2.24) is 31.4 Å². The second-order valence-corrected chi connectivity index (χ2v) is 6.28. The van der Waals surface area contributed by atoms with Crippen molar-refractivity contribution in [2.75, 3.05) is 0 Å². The molecule has 0 saturated heterocycles. The third kappa shape index (κ3) is 3.07. The Balaban J connectivity index is 1.50. The average Bonchev–Trinajstić information content (AvgIpc) is 3.05. The molecular weight excluding hydrogens is 330 g/mol. The van der Waals surface area contributed by atoms with Crippen molar-refractivity contribution in [3.63, 3.8) is 0 Å². The summed E-state index contributed by atoms with van der Waals surface area (Å²) in [6.45, 7) is 1.97. The van der Waals surface area contributed by atoms with Crippen LogP contribution >= 0.6 is 0 Å². The van der Waals surface area contributed by atoms with Gasteiger partial charge in [-0.3, -0.25) is 14.8 Å². The number of rotatable bonds is 3. The van der Waals surface area contributed by atoms with Crippen molar-refractivity contribution in [2.45, 2.75) is 25.3 Å². The molecular formula is C18H21N7O. The first-order valence-electron chi connectivity index (χ1n) is 8.44. The minimum atomic E-state index is -0.312. The summed E-state index contributed by atoms with van der Waals surface area (Å²) in [5, 5.41) is 10.8. The number of carbonyl (C=O) groups is 1. The molecule has 0 aromatic carbocycles. The van der Waals surface area contributed by atoms with Crippen LogP contribution in [0.15, 0.2) is 66.4 Å². The number of carbonyl (C=O) groups excluding carboxylic acids is 1. The smallest absolute Gasteiger partial charge is 0.274 e. The van der Waals surface area contributed by atoms with Gasteiger partial charge in [-0.2, -0.15) is 0 Å². The summed E-state index contributed by atoms with van der Waals surface area (Å²) in [6, 6.07) is 3.89. The summed E-state index contributed by atoms with van der Waals surface area (Å²) in [5.41, 5.74) is 12.4. The van der Waals surface area contributed by atoms with Crippen molar-refractivity contribution >= 4 is 5.91 Å². The number of fused-ring (bicyclic) bond motifs is 1. The fourth-order valence-corrected chi connectivity index (χ4v) is 3.16. The van der Waals surface area contributed by atoms with Crippen molar-refractivity contribution in [3.05, 3.63) is 77.7 Å². The van der Waals surface area contributed by atoms with Crippen LogP contribution in [0.3, 0.4) is 0 Å². The lowest BCUT2D eigenvalue weighted by molar-refractivity contribution is -0.118. The molecule has 3 atom stereocenters. The third-order valence-electron chi connectivity index (χ3n) is 4.48. The van der Waals surface area contributed by atoms with Crippen LogP contribution in [0, 0.1) is 6.92 Å². The Hall–Kier alpha value is -3.10. The van der Waals surface area contributed by atoms with E-state index < -0.39 is 0 Å². The molecule has 3 aliphatic rings.